The Morgan fingerprint density at radius 2 is 1.41 bits per heavy atom. The quantitative estimate of drug-likeness (QED) is 0.270. The zero-order chi connectivity index (χ0) is 17.5. The molecule has 0 bridgehead atoms. The second-order valence-electron chi connectivity index (χ2n) is 3.85. The van der Waals surface area contributed by atoms with Gasteiger partial charge in [-0.1, -0.05) is 34.8 Å². The van der Waals surface area contributed by atoms with Crippen molar-refractivity contribution in [2.45, 2.75) is 16.6 Å². The summed E-state index contributed by atoms with van der Waals surface area (Å²) in [7, 11) is -5.17. The van der Waals surface area contributed by atoms with E-state index in [0.717, 1.165) is 0 Å². The predicted octanol–water partition coefficient (Wildman–Crippen LogP) is 4.01. The molecule has 0 radical (unpaired) electrons. The smallest absolute Gasteiger partial charge is 0.270 e. The van der Waals surface area contributed by atoms with Gasteiger partial charge in [0.05, 0.1) is 6.61 Å². The summed E-state index contributed by atoms with van der Waals surface area (Å²) >= 11 is 15.9. The van der Waals surface area contributed by atoms with E-state index < -0.39 is 58.0 Å². The number of halogens is 8. The molecule has 0 saturated heterocycles. The van der Waals surface area contributed by atoms with Crippen LogP contribution in [-0.2, 0) is 9.09 Å². The average Bonchev–Trinajstić information content (AvgIpc) is 2.41. The topological polar surface area (TPSA) is 46.5 Å². The summed E-state index contributed by atoms with van der Waals surface area (Å²) in [4.78, 5) is 0. The normalized spacial score (nSPS) is 16.5. The van der Waals surface area contributed by atoms with Crippen molar-refractivity contribution >= 4 is 47.5 Å². The molecule has 0 saturated carbocycles. The molecule has 2 atom stereocenters. The van der Waals surface area contributed by atoms with Gasteiger partial charge in [-0.3, -0.25) is 4.57 Å². The van der Waals surface area contributed by atoms with Gasteiger partial charge in [0, 0.05) is 0 Å². The van der Waals surface area contributed by atoms with Crippen LogP contribution in [0.2, 0.25) is 0 Å². The van der Waals surface area contributed by atoms with E-state index in [4.69, 9.17) is 34.8 Å². The first kappa shape index (κ1) is 19.9. The van der Waals surface area contributed by atoms with Crippen LogP contribution in [0.1, 0.15) is 6.92 Å². The molecule has 22 heavy (non-hydrogen) atoms. The van der Waals surface area contributed by atoms with Crippen LogP contribution < -0.4 is 5.30 Å². The Hall–Kier alpha value is -0.110. The summed E-state index contributed by atoms with van der Waals surface area (Å²) in [6.45, 7) is 0.651. The number of benzene rings is 1. The zero-order valence-electron chi connectivity index (χ0n) is 10.5. The monoisotopic (exact) mass is 406 g/mol. The van der Waals surface area contributed by atoms with Crippen molar-refractivity contribution in [2.75, 3.05) is 6.61 Å². The maximum absolute atomic E-state index is 13.8. The van der Waals surface area contributed by atoms with E-state index in [1.807, 2.05) is 0 Å². The highest BCUT2D eigenvalue weighted by Gasteiger charge is 2.51. The molecule has 2 unspecified atom stereocenters. The van der Waals surface area contributed by atoms with Crippen LogP contribution >= 0.6 is 42.2 Å². The van der Waals surface area contributed by atoms with Crippen molar-refractivity contribution in [1.29, 1.82) is 0 Å². The van der Waals surface area contributed by atoms with E-state index >= 15 is 0 Å². The molecular weight excluding hydrogens is 400 g/mol. The van der Waals surface area contributed by atoms with Gasteiger partial charge >= 0.3 is 0 Å². The fourth-order valence-electron chi connectivity index (χ4n) is 1.51. The molecule has 3 nitrogen and oxygen atoms in total. The van der Waals surface area contributed by atoms with Crippen molar-refractivity contribution in [1.82, 2.24) is 0 Å². The molecule has 0 amide bonds. The van der Waals surface area contributed by atoms with Gasteiger partial charge in [-0.05, 0) is 6.92 Å². The molecule has 0 aliphatic rings. The number of rotatable bonds is 4. The molecule has 1 aromatic carbocycles. The van der Waals surface area contributed by atoms with E-state index in [2.05, 4.69) is 4.52 Å². The highest BCUT2D eigenvalue weighted by Crippen LogP contribution is 2.58. The van der Waals surface area contributed by atoms with Gasteiger partial charge in [-0.25, -0.2) is 22.0 Å². The van der Waals surface area contributed by atoms with E-state index in [0.29, 0.717) is 0 Å². The molecule has 0 aliphatic carbocycles. The van der Waals surface area contributed by atoms with E-state index in [1.165, 1.54) is 6.92 Å². The van der Waals surface area contributed by atoms with Crippen molar-refractivity contribution in [3.05, 3.63) is 29.1 Å². The van der Waals surface area contributed by atoms with E-state index in [1.54, 1.807) is 0 Å². The molecular formula is C10H7Cl3F5O3P. The third-order valence-corrected chi connectivity index (χ3v) is 6.20. The summed E-state index contributed by atoms with van der Waals surface area (Å²) in [5.41, 5.74) is 0. The lowest BCUT2D eigenvalue weighted by Crippen LogP contribution is -2.34. The van der Waals surface area contributed by atoms with E-state index in [9.17, 15) is 31.6 Å². The lowest BCUT2D eigenvalue weighted by atomic mass is 10.3. The van der Waals surface area contributed by atoms with Crippen LogP contribution in [0.3, 0.4) is 0 Å². The number of aliphatic hydroxyl groups excluding tert-OH is 1. The van der Waals surface area contributed by atoms with Gasteiger partial charge < -0.3 is 9.63 Å². The molecule has 0 heterocycles. The highest BCUT2D eigenvalue weighted by molar-refractivity contribution is 7.68. The molecule has 1 aromatic rings. The largest absolute Gasteiger partial charge is 0.379 e. The van der Waals surface area contributed by atoms with Gasteiger partial charge in [0.25, 0.3) is 7.37 Å². The standard InChI is InChI=1S/C10H7Cl3F5O3P/c1-2-21-22(20,9(19)10(11,12)13)8-6(17)4(15)3(14)5(16)7(8)18/h9,19H,2H2,1H3. The fraction of sp³-hybridized carbons (Fsp3) is 0.400. The summed E-state index contributed by atoms with van der Waals surface area (Å²) < 4.78 is 81.3. The molecule has 1 N–H and O–H groups in total. The van der Waals surface area contributed by atoms with Crippen molar-refractivity contribution in [3.63, 3.8) is 0 Å². The van der Waals surface area contributed by atoms with Crippen LogP contribution in [0.5, 0.6) is 0 Å². The highest BCUT2D eigenvalue weighted by atomic mass is 35.6. The fourth-order valence-corrected chi connectivity index (χ4v) is 4.69. The Balaban J connectivity index is 3.77. The lowest BCUT2D eigenvalue weighted by molar-refractivity contribution is 0.217. The van der Waals surface area contributed by atoms with Gasteiger partial charge in [-0.15, -0.1) is 0 Å². The summed E-state index contributed by atoms with van der Waals surface area (Å²) in [6.07, 6.45) is 0. The molecule has 126 valence electrons. The van der Waals surface area contributed by atoms with Crippen LogP contribution in [0.15, 0.2) is 0 Å². The number of hydrogen-bond acceptors (Lipinski definition) is 3. The van der Waals surface area contributed by atoms with Gasteiger partial charge in [0.2, 0.25) is 9.61 Å². The van der Waals surface area contributed by atoms with E-state index in [-0.39, 0.29) is 0 Å². The first-order chi connectivity index (χ1) is 9.89. The van der Waals surface area contributed by atoms with Crippen LogP contribution in [0.25, 0.3) is 0 Å². The van der Waals surface area contributed by atoms with Crippen LogP contribution in [0, 0.1) is 29.1 Å². The third-order valence-electron chi connectivity index (χ3n) is 2.43. The number of hydrogen-bond donors (Lipinski definition) is 1. The Morgan fingerprint density at radius 3 is 1.73 bits per heavy atom. The predicted molar refractivity (Wildman–Crippen MR) is 71.4 cm³/mol. The summed E-state index contributed by atoms with van der Waals surface area (Å²) in [6, 6.07) is 0. The summed E-state index contributed by atoms with van der Waals surface area (Å²) in [5, 5.41) is 7.86. The van der Waals surface area contributed by atoms with Crippen LogP contribution in [-0.4, -0.2) is 21.4 Å². The van der Waals surface area contributed by atoms with Crippen LogP contribution in [0.4, 0.5) is 22.0 Å². The lowest BCUT2D eigenvalue weighted by Gasteiger charge is -2.28. The second kappa shape index (κ2) is 6.79. The number of alkyl halides is 3. The van der Waals surface area contributed by atoms with Gasteiger partial charge in [-0.2, -0.15) is 0 Å². The maximum Gasteiger partial charge on any atom is 0.270 e. The maximum atomic E-state index is 13.8. The SMILES string of the molecule is CCOP(=O)(c1c(F)c(F)c(F)c(F)c1F)C(O)C(Cl)(Cl)Cl. The zero-order valence-corrected chi connectivity index (χ0v) is 13.7. The molecule has 1 rings (SSSR count). The Bertz CT molecular complexity index is 608. The molecule has 0 aromatic heterocycles. The van der Waals surface area contributed by atoms with Crippen molar-refractivity contribution in [3.8, 4) is 0 Å². The second-order valence-corrected chi connectivity index (χ2v) is 8.61. The number of aliphatic hydroxyl groups is 1. The molecule has 12 heteroatoms. The van der Waals surface area contributed by atoms with Crippen molar-refractivity contribution in [2.24, 2.45) is 0 Å². The first-order valence-electron chi connectivity index (χ1n) is 5.40. The minimum atomic E-state index is -5.17. The Labute approximate surface area is 136 Å². The molecule has 0 fully saturated rings. The minimum Gasteiger partial charge on any atom is -0.379 e. The van der Waals surface area contributed by atoms with Crippen molar-refractivity contribution < 1.29 is 36.1 Å². The van der Waals surface area contributed by atoms with Gasteiger partial charge in [0.1, 0.15) is 5.30 Å². The van der Waals surface area contributed by atoms with Gasteiger partial charge in [0.15, 0.2) is 29.1 Å². The molecule has 0 aliphatic heterocycles. The molecule has 0 spiro atoms. The Morgan fingerprint density at radius 1 is 1.05 bits per heavy atom. The summed E-state index contributed by atoms with van der Waals surface area (Å²) in [5.74, 6) is -14.8. The minimum absolute atomic E-state index is 0.533. The third kappa shape index (κ3) is 3.37. The Kier molecular flexibility index (Phi) is 6.15. The average molecular weight is 407 g/mol. The first-order valence-corrected chi connectivity index (χ1v) is 8.23.